The molecule has 1 heterocycles. The molecule has 0 aromatic heterocycles. The molecule has 0 aliphatic carbocycles. The Kier molecular flexibility index (Phi) is 3.29. The van der Waals surface area contributed by atoms with Gasteiger partial charge in [-0.15, -0.1) is 0 Å². The predicted molar refractivity (Wildman–Crippen MR) is 64.2 cm³/mol. The zero-order chi connectivity index (χ0) is 13.5. The smallest absolute Gasteiger partial charge is 0.346 e. The van der Waals surface area contributed by atoms with Crippen molar-refractivity contribution in [2.75, 3.05) is 0 Å². The minimum atomic E-state index is -4.44. The van der Waals surface area contributed by atoms with E-state index in [9.17, 15) is 19.1 Å². The highest BCUT2D eigenvalue weighted by Crippen LogP contribution is 2.52. The zero-order valence-corrected chi connectivity index (χ0v) is 10.6. The number of fused-ring (bicyclic) bond motifs is 1. The summed E-state index contributed by atoms with van der Waals surface area (Å²) in [6.07, 6.45) is 0.225. The van der Waals surface area contributed by atoms with Crippen LogP contribution in [0.4, 0.5) is 0 Å². The van der Waals surface area contributed by atoms with E-state index in [0.29, 0.717) is 11.1 Å². The summed E-state index contributed by atoms with van der Waals surface area (Å²) in [5.74, 6) is -2.36. The van der Waals surface area contributed by atoms with Crippen molar-refractivity contribution < 1.29 is 24.3 Å². The van der Waals surface area contributed by atoms with Gasteiger partial charge in [-0.05, 0) is 24.5 Å². The third-order valence-corrected chi connectivity index (χ3v) is 4.11. The quantitative estimate of drug-likeness (QED) is 0.592. The Bertz CT molecular complexity index is 538. The SMILES string of the molecule is Cc1ccc2c(c1)CC(C(=O)O)N[C@H]2P(=O)(O)O. The molecule has 0 spiro atoms. The van der Waals surface area contributed by atoms with Crippen molar-refractivity contribution in [3.8, 4) is 0 Å². The van der Waals surface area contributed by atoms with Crippen molar-refractivity contribution >= 4 is 13.6 Å². The lowest BCUT2D eigenvalue weighted by Gasteiger charge is -2.31. The molecule has 0 fully saturated rings. The van der Waals surface area contributed by atoms with Crippen molar-refractivity contribution in [1.82, 2.24) is 5.32 Å². The van der Waals surface area contributed by atoms with Crippen LogP contribution in [0.1, 0.15) is 22.5 Å². The molecule has 0 saturated carbocycles. The van der Waals surface area contributed by atoms with Gasteiger partial charge in [0.1, 0.15) is 11.8 Å². The number of benzene rings is 1. The second-order valence-electron chi connectivity index (χ2n) is 4.46. The molecular formula is C11H14NO5P. The second-order valence-corrected chi connectivity index (χ2v) is 6.15. The molecular weight excluding hydrogens is 257 g/mol. The van der Waals surface area contributed by atoms with E-state index >= 15 is 0 Å². The van der Waals surface area contributed by atoms with E-state index in [1.165, 1.54) is 0 Å². The first-order valence-electron chi connectivity index (χ1n) is 5.42. The number of carboxylic acids is 1. The molecule has 2 atom stereocenters. The van der Waals surface area contributed by atoms with Gasteiger partial charge in [-0.25, -0.2) is 0 Å². The van der Waals surface area contributed by atoms with Crippen LogP contribution >= 0.6 is 7.60 Å². The maximum Gasteiger partial charge on any atom is 0.346 e. The van der Waals surface area contributed by atoms with Crippen LogP contribution < -0.4 is 5.32 Å². The molecule has 0 bridgehead atoms. The topological polar surface area (TPSA) is 107 Å². The molecule has 1 unspecified atom stereocenters. The molecule has 6 nitrogen and oxygen atoms in total. The van der Waals surface area contributed by atoms with Crippen molar-refractivity contribution in [2.24, 2.45) is 0 Å². The summed E-state index contributed by atoms with van der Waals surface area (Å²) in [7, 11) is -4.44. The lowest BCUT2D eigenvalue weighted by atomic mass is 9.94. The van der Waals surface area contributed by atoms with Crippen LogP contribution in [0.5, 0.6) is 0 Å². The third-order valence-electron chi connectivity index (χ3n) is 3.01. The van der Waals surface area contributed by atoms with Crippen molar-refractivity contribution in [3.63, 3.8) is 0 Å². The van der Waals surface area contributed by atoms with E-state index in [4.69, 9.17) is 5.11 Å². The first kappa shape index (κ1) is 13.2. The Balaban J connectivity index is 2.50. The molecule has 1 aliphatic rings. The third kappa shape index (κ3) is 2.47. The molecule has 2 rings (SSSR count). The predicted octanol–water partition coefficient (Wildman–Crippen LogP) is 0.770. The summed E-state index contributed by atoms with van der Waals surface area (Å²) in [6, 6.07) is 4.19. The average Bonchev–Trinajstić information content (AvgIpc) is 2.25. The minimum Gasteiger partial charge on any atom is -0.480 e. The van der Waals surface area contributed by atoms with Gasteiger partial charge in [0.05, 0.1) is 0 Å². The summed E-state index contributed by atoms with van der Waals surface area (Å²) < 4.78 is 11.4. The monoisotopic (exact) mass is 271 g/mol. The number of aryl methyl sites for hydroxylation is 1. The number of carboxylic acid groups (broad SMARTS) is 1. The van der Waals surface area contributed by atoms with E-state index in [1.54, 1.807) is 18.2 Å². The fourth-order valence-electron chi connectivity index (χ4n) is 2.17. The fourth-order valence-corrected chi connectivity index (χ4v) is 3.16. The molecule has 0 radical (unpaired) electrons. The molecule has 18 heavy (non-hydrogen) atoms. The van der Waals surface area contributed by atoms with Gasteiger partial charge in [0, 0.05) is 0 Å². The molecule has 1 aliphatic heterocycles. The van der Waals surface area contributed by atoms with Crippen LogP contribution in [-0.2, 0) is 15.8 Å². The van der Waals surface area contributed by atoms with E-state index in [2.05, 4.69) is 5.32 Å². The molecule has 0 saturated heterocycles. The van der Waals surface area contributed by atoms with E-state index < -0.39 is 25.4 Å². The summed E-state index contributed by atoms with van der Waals surface area (Å²) in [5, 5.41) is 11.5. The van der Waals surface area contributed by atoms with Crippen molar-refractivity contribution in [1.29, 1.82) is 0 Å². The van der Waals surface area contributed by atoms with E-state index in [-0.39, 0.29) is 6.42 Å². The van der Waals surface area contributed by atoms with Gasteiger partial charge in [-0.1, -0.05) is 23.8 Å². The van der Waals surface area contributed by atoms with Crippen LogP contribution in [0.25, 0.3) is 0 Å². The molecule has 4 N–H and O–H groups in total. The Morgan fingerprint density at radius 3 is 2.67 bits per heavy atom. The average molecular weight is 271 g/mol. The summed E-state index contributed by atoms with van der Waals surface area (Å²) >= 11 is 0. The maximum atomic E-state index is 11.4. The standard InChI is InChI=1S/C11H14NO5P/c1-6-2-3-8-7(4-6)5-9(11(13)14)12-10(8)18(15,16)17/h2-4,9-10,12H,5H2,1H3,(H,13,14)(H2,15,16,17)/t9?,10-/m0/s1. The van der Waals surface area contributed by atoms with Gasteiger partial charge >= 0.3 is 13.6 Å². The lowest BCUT2D eigenvalue weighted by molar-refractivity contribution is -0.139. The van der Waals surface area contributed by atoms with Crippen LogP contribution in [-0.4, -0.2) is 26.9 Å². The lowest BCUT2D eigenvalue weighted by Crippen LogP contribution is -2.44. The highest BCUT2D eigenvalue weighted by molar-refractivity contribution is 7.52. The fraction of sp³-hybridized carbons (Fsp3) is 0.364. The first-order chi connectivity index (χ1) is 8.29. The largest absolute Gasteiger partial charge is 0.480 e. The summed E-state index contributed by atoms with van der Waals surface area (Å²) in [4.78, 5) is 29.6. The number of carbonyl (C=O) groups is 1. The molecule has 1 aromatic rings. The maximum absolute atomic E-state index is 11.4. The highest BCUT2D eigenvalue weighted by Gasteiger charge is 2.39. The Morgan fingerprint density at radius 1 is 1.44 bits per heavy atom. The summed E-state index contributed by atoms with van der Waals surface area (Å²) in [6.45, 7) is 1.85. The molecule has 1 aromatic carbocycles. The van der Waals surface area contributed by atoms with Gasteiger partial charge in [0.15, 0.2) is 0 Å². The van der Waals surface area contributed by atoms with Gasteiger partial charge in [-0.3, -0.25) is 14.7 Å². The minimum absolute atomic E-state index is 0.225. The Morgan fingerprint density at radius 2 is 2.11 bits per heavy atom. The van der Waals surface area contributed by atoms with Crippen LogP contribution in [0.2, 0.25) is 0 Å². The normalized spacial score (nSPS) is 23.5. The van der Waals surface area contributed by atoms with E-state index in [1.807, 2.05) is 6.92 Å². The van der Waals surface area contributed by atoms with E-state index in [0.717, 1.165) is 5.56 Å². The number of hydrogen-bond acceptors (Lipinski definition) is 3. The first-order valence-corrected chi connectivity index (χ1v) is 7.10. The summed E-state index contributed by atoms with van der Waals surface area (Å²) in [5.41, 5.74) is 2.09. The number of hydrogen-bond donors (Lipinski definition) is 4. The number of nitrogens with one attached hydrogen (secondary N) is 1. The van der Waals surface area contributed by atoms with Crippen LogP contribution in [0.15, 0.2) is 18.2 Å². The van der Waals surface area contributed by atoms with Crippen LogP contribution in [0.3, 0.4) is 0 Å². The number of rotatable bonds is 2. The molecule has 98 valence electrons. The Hall–Kier alpha value is -1.20. The number of aliphatic carboxylic acids is 1. The van der Waals surface area contributed by atoms with Crippen LogP contribution in [0, 0.1) is 6.92 Å². The zero-order valence-electron chi connectivity index (χ0n) is 9.70. The van der Waals surface area contributed by atoms with Gasteiger partial charge in [-0.2, -0.15) is 0 Å². The van der Waals surface area contributed by atoms with Gasteiger partial charge in [0.25, 0.3) is 0 Å². The van der Waals surface area contributed by atoms with Crippen molar-refractivity contribution in [2.45, 2.75) is 25.2 Å². The highest BCUT2D eigenvalue weighted by atomic mass is 31.2. The molecule has 7 heteroatoms. The van der Waals surface area contributed by atoms with Gasteiger partial charge < -0.3 is 14.9 Å². The Labute approximate surface area is 104 Å². The second kappa shape index (κ2) is 4.48. The van der Waals surface area contributed by atoms with Gasteiger partial charge in [0.2, 0.25) is 0 Å². The molecule has 0 amide bonds. The van der Waals surface area contributed by atoms with Crippen molar-refractivity contribution in [3.05, 3.63) is 34.9 Å².